The Balaban J connectivity index is 3.99. The SMILES string of the molecule is C=C(C)/C=C\C(=C)NC(C)(C)C. The highest BCUT2D eigenvalue weighted by Gasteiger charge is 2.07. The lowest BCUT2D eigenvalue weighted by atomic mass is 10.1. The van der Waals surface area contributed by atoms with Crippen LogP contribution in [0.1, 0.15) is 27.7 Å². The zero-order chi connectivity index (χ0) is 9.78. The van der Waals surface area contributed by atoms with E-state index in [1.165, 1.54) is 0 Å². The van der Waals surface area contributed by atoms with Crippen molar-refractivity contribution in [1.82, 2.24) is 5.32 Å². The second-order valence-corrected chi connectivity index (χ2v) is 4.08. The van der Waals surface area contributed by atoms with Gasteiger partial charge in [0, 0.05) is 11.2 Å². The van der Waals surface area contributed by atoms with Crippen LogP contribution in [0.3, 0.4) is 0 Å². The molecular formula is C11H19N. The molecule has 0 spiro atoms. The van der Waals surface area contributed by atoms with Crippen molar-refractivity contribution < 1.29 is 0 Å². The molecule has 1 N–H and O–H groups in total. The van der Waals surface area contributed by atoms with Crippen LogP contribution >= 0.6 is 0 Å². The molecule has 1 heteroatoms. The number of allylic oxidation sites excluding steroid dienone is 3. The van der Waals surface area contributed by atoms with Crippen molar-refractivity contribution >= 4 is 0 Å². The molecule has 0 heterocycles. The summed E-state index contributed by atoms with van der Waals surface area (Å²) in [6.45, 7) is 15.9. The molecule has 0 atom stereocenters. The normalized spacial score (nSPS) is 11.7. The van der Waals surface area contributed by atoms with E-state index in [0.29, 0.717) is 0 Å². The highest BCUT2D eigenvalue weighted by Crippen LogP contribution is 2.03. The molecule has 68 valence electrons. The van der Waals surface area contributed by atoms with Crippen LogP contribution in [0.2, 0.25) is 0 Å². The van der Waals surface area contributed by atoms with Crippen LogP contribution in [-0.4, -0.2) is 5.54 Å². The minimum atomic E-state index is 0.0799. The van der Waals surface area contributed by atoms with Crippen molar-refractivity contribution in [3.05, 3.63) is 36.6 Å². The van der Waals surface area contributed by atoms with Gasteiger partial charge in [-0.15, -0.1) is 0 Å². The summed E-state index contributed by atoms with van der Waals surface area (Å²) in [6, 6.07) is 0. The molecule has 0 bridgehead atoms. The van der Waals surface area contributed by atoms with Gasteiger partial charge >= 0.3 is 0 Å². The lowest BCUT2D eigenvalue weighted by Gasteiger charge is -2.22. The molecular weight excluding hydrogens is 146 g/mol. The van der Waals surface area contributed by atoms with Crippen molar-refractivity contribution in [3.8, 4) is 0 Å². The molecule has 0 saturated heterocycles. The minimum absolute atomic E-state index is 0.0799. The summed E-state index contributed by atoms with van der Waals surface area (Å²) in [5.41, 5.74) is 2.04. The quantitative estimate of drug-likeness (QED) is 0.634. The van der Waals surface area contributed by atoms with E-state index in [1.807, 2.05) is 19.1 Å². The summed E-state index contributed by atoms with van der Waals surface area (Å²) >= 11 is 0. The van der Waals surface area contributed by atoms with Crippen LogP contribution in [0.4, 0.5) is 0 Å². The average molecular weight is 165 g/mol. The van der Waals surface area contributed by atoms with E-state index in [2.05, 4.69) is 39.2 Å². The maximum atomic E-state index is 3.87. The van der Waals surface area contributed by atoms with Crippen molar-refractivity contribution in [2.75, 3.05) is 0 Å². The fraction of sp³-hybridized carbons (Fsp3) is 0.455. The first kappa shape index (κ1) is 11.0. The van der Waals surface area contributed by atoms with Crippen LogP contribution in [0.25, 0.3) is 0 Å². The fourth-order valence-electron chi connectivity index (χ4n) is 0.766. The van der Waals surface area contributed by atoms with Gasteiger partial charge in [0.15, 0.2) is 0 Å². The zero-order valence-corrected chi connectivity index (χ0v) is 8.57. The predicted octanol–water partition coefficient (Wildman–Crippen LogP) is 3.02. The van der Waals surface area contributed by atoms with Crippen LogP contribution in [0, 0.1) is 0 Å². The van der Waals surface area contributed by atoms with Gasteiger partial charge in [0.1, 0.15) is 0 Å². The lowest BCUT2D eigenvalue weighted by Crippen LogP contribution is -2.34. The minimum Gasteiger partial charge on any atom is -0.381 e. The first-order chi connectivity index (χ1) is 5.31. The summed E-state index contributed by atoms with van der Waals surface area (Å²) in [7, 11) is 0. The highest BCUT2D eigenvalue weighted by molar-refractivity contribution is 5.22. The maximum absolute atomic E-state index is 3.87. The maximum Gasteiger partial charge on any atom is 0.0289 e. The lowest BCUT2D eigenvalue weighted by molar-refractivity contribution is 0.480. The molecule has 0 radical (unpaired) electrons. The smallest absolute Gasteiger partial charge is 0.0289 e. The van der Waals surface area contributed by atoms with Gasteiger partial charge in [-0.25, -0.2) is 0 Å². The van der Waals surface area contributed by atoms with E-state index < -0.39 is 0 Å². The van der Waals surface area contributed by atoms with E-state index in [-0.39, 0.29) is 5.54 Å². The zero-order valence-electron chi connectivity index (χ0n) is 8.57. The van der Waals surface area contributed by atoms with Gasteiger partial charge in [-0.3, -0.25) is 0 Å². The Kier molecular flexibility index (Phi) is 3.81. The number of hydrogen-bond donors (Lipinski definition) is 1. The van der Waals surface area contributed by atoms with Crippen molar-refractivity contribution in [2.45, 2.75) is 33.2 Å². The molecule has 0 aromatic rings. The van der Waals surface area contributed by atoms with Crippen LogP contribution in [0.5, 0.6) is 0 Å². The van der Waals surface area contributed by atoms with Gasteiger partial charge in [0.25, 0.3) is 0 Å². The first-order valence-electron chi connectivity index (χ1n) is 4.12. The largest absolute Gasteiger partial charge is 0.381 e. The van der Waals surface area contributed by atoms with Gasteiger partial charge in [-0.05, 0) is 33.8 Å². The van der Waals surface area contributed by atoms with Gasteiger partial charge in [0.05, 0.1) is 0 Å². The second kappa shape index (κ2) is 4.15. The summed E-state index contributed by atoms with van der Waals surface area (Å²) < 4.78 is 0. The van der Waals surface area contributed by atoms with Gasteiger partial charge in [0.2, 0.25) is 0 Å². The van der Waals surface area contributed by atoms with Gasteiger partial charge < -0.3 is 5.32 Å². The van der Waals surface area contributed by atoms with E-state index in [9.17, 15) is 0 Å². The Bertz CT molecular complexity index is 204. The molecule has 0 aliphatic rings. The third kappa shape index (κ3) is 7.13. The van der Waals surface area contributed by atoms with Gasteiger partial charge in [-0.1, -0.05) is 24.8 Å². The Labute approximate surface area is 75.9 Å². The number of hydrogen-bond acceptors (Lipinski definition) is 1. The summed E-state index contributed by atoms with van der Waals surface area (Å²) in [4.78, 5) is 0. The molecule has 0 amide bonds. The topological polar surface area (TPSA) is 12.0 Å². The molecule has 0 aromatic carbocycles. The Morgan fingerprint density at radius 2 is 1.67 bits per heavy atom. The predicted molar refractivity (Wildman–Crippen MR) is 56.0 cm³/mol. The number of rotatable bonds is 3. The van der Waals surface area contributed by atoms with Crippen LogP contribution in [0.15, 0.2) is 36.6 Å². The molecule has 0 rings (SSSR count). The second-order valence-electron chi connectivity index (χ2n) is 4.08. The molecule has 0 aromatic heterocycles. The third-order valence-electron chi connectivity index (χ3n) is 1.10. The van der Waals surface area contributed by atoms with E-state index in [4.69, 9.17) is 0 Å². The molecule has 0 saturated carbocycles. The standard InChI is InChI=1S/C11H19N/c1-9(2)7-8-10(3)12-11(4,5)6/h7-8,12H,1,3H2,2,4-6H3/b8-7-. The van der Waals surface area contributed by atoms with Crippen molar-refractivity contribution in [3.63, 3.8) is 0 Å². The Hall–Kier alpha value is -0.980. The fourth-order valence-corrected chi connectivity index (χ4v) is 0.766. The molecule has 12 heavy (non-hydrogen) atoms. The molecule has 1 nitrogen and oxygen atoms in total. The van der Waals surface area contributed by atoms with E-state index in [0.717, 1.165) is 11.3 Å². The molecule has 0 aliphatic heterocycles. The highest BCUT2D eigenvalue weighted by atomic mass is 14.9. The summed E-state index contributed by atoms with van der Waals surface area (Å²) in [5, 5.41) is 3.25. The van der Waals surface area contributed by atoms with Gasteiger partial charge in [-0.2, -0.15) is 0 Å². The van der Waals surface area contributed by atoms with Crippen molar-refractivity contribution in [2.24, 2.45) is 0 Å². The van der Waals surface area contributed by atoms with E-state index >= 15 is 0 Å². The first-order valence-corrected chi connectivity index (χ1v) is 4.12. The van der Waals surface area contributed by atoms with Crippen molar-refractivity contribution in [1.29, 1.82) is 0 Å². The summed E-state index contributed by atoms with van der Waals surface area (Å²) in [6.07, 6.45) is 3.88. The molecule has 0 fully saturated rings. The molecule has 0 aliphatic carbocycles. The van der Waals surface area contributed by atoms with Crippen LogP contribution in [-0.2, 0) is 0 Å². The monoisotopic (exact) mass is 165 g/mol. The summed E-state index contributed by atoms with van der Waals surface area (Å²) in [5.74, 6) is 0. The molecule has 0 unspecified atom stereocenters. The van der Waals surface area contributed by atoms with Crippen LogP contribution < -0.4 is 5.32 Å². The van der Waals surface area contributed by atoms with E-state index in [1.54, 1.807) is 0 Å². The third-order valence-corrected chi connectivity index (χ3v) is 1.10. The number of nitrogens with one attached hydrogen (secondary N) is 1. The Morgan fingerprint density at radius 1 is 1.17 bits per heavy atom. The Morgan fingerprint density at radius 3 is 2.00 bits per heavy atom. The average Bonchev–Trinajstić information content (AvgIpc) is 1.79.